The predicted octanol–water partition coefficient (Wildman–Crippen LogP) is 1.68. The van der Waals surface area contributed by atoms with Crippen molar-refractivity contribution >= 4 is 0 Å². The monoisotopic (exact) mass is 145 g/mol. The molecule has 0 amide bonds. The molecule has 1 heterocycles. The van der Waals surface area contributed by atoms with Gasteiger partial charge in [-0.15, -0.1) is 0 Å². The molecule has 1 fully saturated rings. The van der Waals surface area contributed by atoms with E-state index >= 15 is 0 Å². The van der Waals surface area contributed by atoms with Crippen LogP contribution in [0.3, 0.4) is 0 Å². The number of hydrogen-bond donors (Lipinski definition) is 0. The van der Waals surface area contributed by atoms with Crippen LogP contribution >= 0.6 is 0 Å². The third-order valence-electron chi connectivity index (χ3n) is 2.32. The molecular weight excluding hydrogens is 129 g/mol. The molecule has 0 bridgehead atoms. The van der Waals surface area contributed by atoms with Crippen molar-refractivity contribution < 1.29 is 4.39 Å². The molecule has 0 aromatic rings. The number of halogens is 1. The quantitative estimate of drug-likeness (QED) is 0.542. The Morgan fingerprint density at radius 1 is 1.50 bits per heavy atom. The Labute approximate surface area is 62.2 Å². The van der Waals surface area contributed by atoms with Crippen molar-refractivity contribution in [3.8, 4) is 0 Å². The Hall–Kier alpha value is -0.110. The zero-order valence-corrected chi connectivity index (χ0v) is 6.97. The van der Waals surface area contributed by atoms with Crippen LogP contribution in [0.1, 0.15) is 20.3 Å². The summed E-state index contributed by atoms with van der Waals surface area (Å²) in [5.41, 5.74) is 0. The molecule has 60 valence electrons. The number of rotatable bonds is 1. The molecule has 0 aromatic heterocycles. The van der Waals surface area contributed by atoms with Crippen molar-refractivity contribution in [2.24, 2.45) is 5.92 Å². The Morgan fingerprint density at radius 2 is 2.10 bits per heavy atom. The van der Waals surface area contributed by atoms with Crippen molar-refractivity contribution in [2.75, 3.05) is 13.6 Å². The van der Waals surface area contributed by atoms with Crippen LogP contribution in [-0.2, 0) is 0 Å². The first-order chi connectivity index (χ1) is 4.63. The van der Waals surface area contributed by atoms with Gasteiger partial charge in [-0.1, -0.05) is 13.8 Å². The van der Waals surface area contributed by atoms with Gasteiger partial charge in [0.25, 0.3) is 0 Å². The van der Waals surface area contributed by atoms with Gasteiger partial charge < -0.3 is 4.90 Å². The largest absolute Gasteiger partial charge is 0.300 e. The lowest BCUT2D eigenvalue weighted by molar-refractivity contribution is 0.174. The average molecular weight is 145 g/mol. The number of alkyl halides is 1. The summed E-state index contributed by atoms with van der Waals surface area (Å²) in [6.45, 7) is 5.09. The normalized spacial score (nSPS) is 35.7. The maximum absolute atomic E-state index is 13.0. The molecule has 0 unspecified atom stereocenters. The number of hydrogen-bond acceptors (Lipinski definition) is 1. The Balaban J connectivity index is 2.54. The fraction of sp³-hybridized carbons (Fsp3) is 1.00. The van der Waals surface area contributed by atoms with Crippen molar-refractivity contribution in [3.63, 3.8) is 0 Å². The van der Waals surface area contributed by atoms with Gasteiger partial charge >= 0.3 is 0 Å². The first-order valence-electron chi connectivity index (χ1n) is 3.97. The molecular formula is C8H16FN. The third kappa shape index (κ3) is 1.31. The summed E-state index contributed by atoms with van der Waals surface area (Å²) >= 11 is 0. The lowest BCUT2D eigenvalue weighted by Gasteiger charge is -2.24. The molecule has 0 aromatic carbocycles. The van der Waals surface area contributed by atoms with E-state index in [1.165, 1.54) is 0 Å². The second-order valence-electron chi connectivity index (χ2n) is 3.52. The van der Waals surface area contributed by atoms with Crippen molar-refractivity contribution in [2.45, 2.75) is 32.5 Å². The van der Waals surface area contributed by atoms with E-state index in [0.29, 0.717) is 5.92 Å². The highest BCUT2D eigenvalue weighted by Crippen LogP contribution is 2.24. The molecule has 2 atom stereocenters. The van der Waals surface area contributed by atoms with Gasteiger partial charge in [-0.05, 0) is 19.4 Å². The van der Waals surface area contributed by atoms with Gasteiger partial charge in [0.15, 0.2) is 0 Å². The zero-order valence-electron chi connectivity index (χ0n) is 6.97. The van der Waals surface area contributed by atoms with E-state index < -0.39 is 6.17 Å². The van der Waals surface area contributed by atoms with E-state index in [4.69, 9.17) is 0 Å². The Bertz CT molecular complexity index is 104. The predicted molar refractivity (Wildman–Crippen MR) is 40.8 cm³/mol. The molecule has 10 heavy (non-hydrogen) atoms. The highest BCUT2D eigenvalue weighted by molar-refractivity contribution is 4.86. The van der Waals surface area contributed by atoms with E-state index in [-0.39, 0.29) is 6.04 Å². The second-order valence-corrected chi connectivity index (χ2v) is 3.52. The fourth-order valence-electron chi connectivity index (χ4n) is 1.85. The van der Waals surface area contributed by atoms with Crippen LogP contribution in [0, 0.1) is 5.92 Å². The summed E-state index contributed by atoms with van der Waals surface area (Å²) in [5, 5.41) is 0. The van der Waals surface area contributed by atoms with E-state index in [9.17, 15) is 4.39 Å². The molecule has 1 saturated heterocycles. The van der Waals surface area contributed by atoms with Gasteiger partial charge in [-0.2, -0.15) is 0 Å². The highest BCUT2D eigenvalue weighted by atomic mass is 19.1. The highest BCUT2D eigenvalue weighted by Gasteiger charge is 2.33. The standard InChI is InChI=1S/C8H16FN/c1-6(2)8-7(9)4-5-10(8)3/h6-8H,4-5H2,1-3H3/t7-,8+/m0/s1. The molecule has 0 aliphatic carbocycles. The molecule has 2 heteroatoms. The van der Waals surface area contributed by atoms with E-state index in [1.54, 1.807) is 0 Å². The summed E-state index contributed by atoms with van der Waals surface area (Å²) in [4.78, 5) is 2.12. The van der Waals surface area contributed by atoms with Gasteiger partial charge in [0, 0.05) is 12.6 Å². The zero-order chi connectivity index (χ0) is 7.72. The molecule has 0 radical (unpaired) electrons. The Kier molecular flexibility index (Phi) is 2.29. The smallest absolute Gasteiger partial charge is 0.117 e. The molecule has 0 saturated carbocycles. The number of likely N-dealkylation sites (tertiary alicyclic amines) is 1. The van der Waals surface area contributed by atoms with Crippen LogP contribution in [0.5, 0.6) is 0 Å². The van der Waals surface area contributed by atoms with Crippen LogP contribution in [0.25, 0.3) is 0 Å². The first-order valence-corrected chi connectivity index (χ1v) is 3.97. The van der Waals surface area contributed by atoms with E-state index in [1.807, 2.05) is 7.05 Å². The molecule has 1 nitrogen and oxygen atoms in total. The maximum Gasteiger partial charge on any atom is 0.117 e. The topological polar surface area (TPSA) is 3.24 Å². The minimum absolute atomic E-state index is 0.167. The maximum atomic E-state index is 13.0. The van der Waals surface area contributed by atoms with Gasteiger partial charge in [0.1, 0.15) is 6.17 Å². The van der Waals surface area contributed by atoms with Gasteiger partial charge in [-0.25, -0.2) is 4.39 Å². The minimum Gasteiger partial charge on any atom is -0.300 e. The van der Waals surface area contributed by atoms with E-state index in [0.717, 1.165) is 13.0 Å². The lowest BCUT2D eigenvalue weighted by atomic mass is 10.0. The molecule has 1 aliphatic rings. The molecule has 1 aliphatic heterocycles. The van der Waals surface area contributed by atoms with Crippen LogP contribution < -0.4 is 0 Å². The van der Waals surface area contributed by atoms with Crippen LogP contribution in [0.4, 0.5) is 4.39 Å². The first kappa shape index (κ1) is 7.99. The minimum atomic E-state index is -0.593. The molecule has 1 rings (SSSR count). The summed E-state index contributed by atoms with van der Waals surface area (Å²) in [6.07, 6.45) is 0.129. The van der Waals surface area contributed by atoms with Crippen LogP contribution in [0.15, 0.2) is 0 Å². The SMILES string of the molecule is CC(C)[C@@H]1[C@@H](F)CCN1C. The summed E-state index contributed by atoms with van der Waals surface area (Å²) in [6, 6.07) is 0.167. The van der Waals surface area contributed by atoms with Gasteiger partial charge in [-0.3, -0.25) is 0 Å². The van der Waals surface area contributed by atoms with Gasteiger partial charge in [0.2, 0.25) is 0 Å². The van der Waals surface area contributed by atoms with Crippen molar-refractivity contribution in [3.05, 3.63) is 0 Å². The second kappa shape index (κ2) is 2.87. The van der Waals surface area contributed by atoms with Crippen LogP contribution in [0.2, 0.25) is 0 Å². The van der Waals surface area contributed by atoms with E-state index in [2.05, 4.69) is 18.7 Å². The van der Waals surface area contributed by atoms with Crippen LogP contribution in [-0.4, -0.2) is 30.7 Å². The summed E-state index contributed by atoms with van der Waals surface area (Å²) in [7, 11) is 2.00. The lowest BCUT2D eigenvalue weighted by Crippen LogP contribution is -2.34. The molecule has 0 N–H and O–H groups in total. The van der Waals surface area contributed by atoms with Crippen molar-refractivity contribution in [1.82, 2.24) is 4.90 Å². The van der Waals surface area contributed by atoms with Crippen molar-refractivity contribution in [1.29, 1.82) is 0 Å². The Morgan fingerprint density at radius 3 is 2.30 bits per heavy atom. The summed E-state index contributed by atoms with van der Waals surface area (Å²) in [5.74, 6) is 0.447. The number of nitrogens with zero attached hydrogens (tertiary/aromatic N) is 1. The van der Waals surface area contributed by atoms with Gasteiger partial charge in [0.05, 0.1) is 0 Å². The average Bonchev–Trinajstić information content (AvgIpc) is 2.11. The third-order valence-corrected chi connectivity index (χ3v) is 2.32. The summed E-state index contributed by atoms with van der Waals surface area (Å²) < 4.78 is 13.0. The fourth-order valence-corrected chi connectivity index (χ4v) is 1.85. The molecule has 0 spiro atoms.